The van der Waals surface area contributed by atoms with E-state index in [2.05, 4.69) is 5.32 Å². The van der Waals surface area contributed by atoms with Gasteiger partial charge in [0.1, 0.15) is 0 Å². The first-order valence-corrected chi connectivity index (χ1v) is 6.96. The highest BCUT2D eigenvalue weighted by Gasteiger charge is 2.11. The van der Waals surface area contributed by atoms with Crippen molar-refractivity contribution < 1.29 is 9.50 Å². The molecule has 1 fully saturated rings. The zero-order valence-corrected chi connectivity index (χ0v) is 10.8. The number of halogens is 1. The van der Waals surface area contributed by atoms with Gasteiger partial charge in [0.25, 0.3) is 0 Å². The summed E-state index contributed by atoms with van der Waals surface area (Å²) in [5.41, 5.74) is 0.896. The second-order valence-electron chi connectivity index (χ2n) is 5.21. The van der Waals surface area contributed by atoms with Crippen LogP contribution in [0.4, 0.5) is 4.39 Å². The molecule has 2 nitrogen and oxygen atoms in total. The van der Waals surface area contributed by atoms with E-state index in [9.17, 15) is 4.39 Å². The number of phenolic OH excluding ortho intramolecular Hbond substituents is 1. The fourth-order valence-electron chi connectivity index (χ4n) is 2.58. The van der Waals surface area contributed by atoms with E-state index in [0.29, 0.717) is 12.6 Å². The summed E-state index contributed by atoms with van der Waals surface area (Å²) in [6.45, 7) is 0.682. The lowest BCUT2D eigenvalue weighted by atomic mass is 9.96. The summed E-state index contributed by atoms with van der Waals surface area (Å²) in [6, 6.07) is 5.16. The lowest BCUT2D eigenvalue weighted by Gasteiger charge is -2.21. The fraction of sp³-hybridized carbons (Fsp3) is 0.600. The molecule has 1 saturated carbocycles. The van der Waals surface area contributed by atoms with Crippen LogP contribution >= 0.6 is 0 Å². The molecule has 0 aromatic heterocycles. The standard InChI is InChI=1S/C15H22FNO/c16-14-10-12(8-9-15(14)18)11-17-13-6-4-2-1-3-5-7-13/h8-10,13,17-18H,1-7,11H2. The largest absolute Gasteiger partial charge is 0.505 e. The minimum absolute atomic E-state index is 0.273. The molecule has 0 heterocycles. The Kier molecular flexibility index (Phi) is 5.00. The Balaban J connectivity index is 1.83. The molecule has 0 unspecified atom stereocenters. The summed E-state index contributed by atoms with van der Waals surface area (Å²) in [7, 11) is 0. The van der Waals surface area contributed by atoms with Gasteiger partial charge >= 0.3 is 0 Å². The topological polar surface area (TPSA) is 32.3 Å². The first kappa shape index (κ1) is 13.3. The summed E-state index contributed by atoms with van der Waals surface area (Å²) in [5.74, 6) is -0.809. The molecule has 1 aliphatic carbocycles. The van der Waals surface area contributed by atoms with Gasteiger partial charge < -0.3 is 10.4 Å². The maximum absolute atomic E-state index is 13.2. The average Bonchev–Trinajstić information content (AvgIpc) is 2.32. The first-order chi connectivity index (χ1) is 8.75. The molecule has 3 heteroatoms. The zero-order valence-electron chi connectivity index (χ0n) is 10.8. The van der Waals surface area contributed by atoms with Gasteiger partial charge in [-0.3, -0.25) is 0 Å². The lowest BCUT2D eigenvalue weighted by molar-refractivity contribution is 0.388. The average molecular weight is 251 g/mol. The molecular formula is C15H22FNO. The van der Waals surface area contributed by atoms with Gasteiger partial charge in [-0.1, -0.05) is 38.2 Å². The van der Waals surface area contributed by atoms with Crippen molar-refractivity contribution in [1.82, 2.24) is 5.32 Å². The Morgan fingerprint density at radius 3 is 2.44 bits per heavy atom. The first-order valence-electron chi connectivity index (χ1n) is 6.96. The van der Waals surface area contributed by atoms with Crippen molar-refractivity contribution in [3.63, 3.8) is 0 Å². The number of phenols is 1. The number of aromatic hydroxyl groups is 1. The second-order valence-corrected chi connectivity index (χ2v) is 5.21. The van der Waals surface area contributed by atoms with Gasteiger partial charge in [-0.15, -0.1) is 0 Å². The van der Waals surface area contributed by atoms with Crippen LogP contribution in [0, 0.1) is 5.82 Å². The van der Waals surface area contributed by atoms with Crippen molar-refractivity contribution in [2.75, 3.05) is 0 Å². The molecule has 0 aliphatic heterocycles. The van der Waals surface area contributed by atoms with Crippen LogP contribution in [-0.4, -0.2) is 11.1 Å². The molecule has 2 rings (SSSR count). The molecule has 2 N–H and O–H groups in total. The number of hydrogen-bond acceptors (Lipinski definition) is 2. The smallest absolute Gasteiger partial charge is 0.165 e. The third-order valence-electron chi connectivity index (χ3n) is 3.71. The minimum atomic E-state index is -0.535. The zero-order chi connectivity index (χ0) is 12.8. The van der Waals surface area contributed by atoms with Crippen LogP contribution in [0.3, 0.4) is 0 Å². The molecule has 1 aliphatic rings. The minimum Gasteiger partial charge on any atom is -0.505 e. The molecule has 0 spiro atoms. The van der Waals surface area contributed by atoms with E-state index in [0.717, 1.165) is 5.56 Å². The summed E-state index contributed by atoms with van der Waals surface area (Å²) in [6.07, 6.45) is 9.08. The van der Waals surface area contributed by atoms with Gasteiger partial charge in [0.15, 0.2) is 11.6 Å². The maximum Gasteiger partial charge on any atom is 0.165 e. The van der Waals surface area contributed by atoms with Crippen LogP contribution in [0.25, 0.3) is 0 Å². The molecule has 0 radical (unpaired) electrons. The summed E-state index contributed by atoms with van der Waals surface area (Å²) >= 11 is 0. The van der Waals surface area contributed by atoms with Gasteiger partial charge in [-0.2, -0.15) is 0 Å². The highest BCUT2D eigenvalue weighted by atomic mass is 19.1. The number of rotatable bonds is 3. The molecule has 0 atom stereocenters. The third-order valence-corrected chi connectivity index (χ3v) is 3.71. The molecule has 0 bridgehead atoms. The normalized spacial score (nSPS) is 18.3. The Morgan fingerprint density at radius 1 is 1.11 bits per heavy atom. The molecule has 0 amide bonds. The highest BCUT2D eigenvalue weighted by Crippen LogP contribution is 2.19. The predicted octanol–water partition coefficient (Wildman–Crippen LogP) is 3.73. The van der Waals surface area contributed by atoms with Crippen LogP contribution in [0.1, 0.15) is 50.5 Å². The highest BCUT2D eigenvalue weighted by molar-refractivity contribution is 5.27. The van der Waals surface area contributed by atoms with Gasteiger partial charge in [-0.25, -0.2) is 4.39 Å². The molecule has 18 heavy (non-hydrogen) atoms. The summed E-state index contributed by atoms with van der Waals surface area (Å²) < 4.78 is 13.2. The Labute approximate surface area is 108 Å². The number of nitrogens with one attached hydrogen (secondary N) is 1. The Morgan fingerprint density at radius 2 is 1.78 bits per heavy atom. The maximum atomic E-state index is 13.2. The van der Waals surface area contributed by atoms with Crippen LogP contribution in [0.2, 0.25) is 0 Å². The summed E-state index contributed by atoms with van der Waals surface area (Å²) in [5, 5.41) is 12.6. The van der Waals surface area contributed by atoms with Crippen LogP contribution in [0.15, 0.2) is 18.2 Å². The third kappa shape index (κ3) is 3.98. The van der Waals surface area contributed by atoms with E-state index < -0.39 is 5.82 Å². The van der Waals surface area contributed by atoms with E-state index in [-0.39, 0.29) is 5.75 Å². The van der Waals surface area contributed by atoms with Gasteiger partial charge in [-0.05, 0) is 30.5 Å². The van der Waals surface area contributed by atoms with Gasteiger partial charge in [0, 0.05) is 12.6 Å². The van der Waals surface area contributed by atoms with Crippen molar-refractivity contribution in [2.24, 2.45) is 0 Å². The van der Waals surface area contributed by atoms with Crippen molar-refractivity contribution >= 4 is 0 Å². The SMILES string of the molecule is Oc1ccc(CNC2CCCCCCC2)cc1F. The second kappa shape index (κ2) is 6.74. The van der Waals surface area contributed by atoms with Crippen molar-refractivity contribution in [2.45, 2.75) is 57.5 Å². The van der Waals surface area contributed by atoms with Crippen molar-refractivity contribution in [1.29, 1.82) is 0 Å². The lowest BCUT2D eigenvalue weighted by Crippen LogP contribution is -2.29. The molecule has 1 aromatic rings. The van der Waals surface area contributed by atoms with E-state index in [1.807, 2.05) is 0 Å². The Hall–Kier alpha value is -1.09. The van der Waals surface area contributed by atoms with Crippen LogP contribution in [0.5, 0.6) is 5.75 Å². The quantitative estimate of drug-likeness (QED) is 0.857. The van der Waals surface area contributed by atoms with Gasteiger partial charge in [0.2, 0.25) is 0 Å². The Bertz CT molecular complexity index is 373. The van der Waals surface area contributed by atoms with Crippen LogP contribution in [-0.2, 0) is 6.54 Å². The van der Waals surface area contributed by atoms with E-state index in [1.165, 1.54) is 57.1 Å². The van der Waals surface area contributed by atoms with E-state index in [4.69, 9.17) is 5.11 Å². The number of benzene rings is 1. The van der Waals surface area contributed by atoms with E-state index in [1.54, 1.807) is 6.07 Å². The monoisotopic (exact) mass is 251 g/mol. The summed E-state index contributed by atoms with van der Waals surface area (Å²) in [4.78, 5) is 0. The molecular weight excluding hydrogens is 229 g/mol. The van der Waals surface area contributed by atoms with Crippen molar-refractivity contribution in [3.8, 4) is 5.75 Å². The van der Waals surface area contributed by atoms with Gasteiger partial charge in [0.05, 0.1) is 0 Å². The number of hydrogen-bond donors (Lipinski definition) is 2. The molecule has 100 valence electrons. The fourth-order valence-corrected chi connectivity index (χ4v) is 2.58. The predicted molar refractivity (Wildman–Crippen MR) is 71.0 cm³/mol. The molecule has 0 saturated heterocycles. The van der Waals surface area contributed by atoms with Crippen LogP contribution < -0.4 is 5.32 Å². The van der Waals surface area contributed by atoms with E-state index >= 15 is 0 Å². The van der Waals surface area contributed by atoms with Crippen molar-refractivity contribution in [3.05, 3.63) is 29.6 Å². The molecule has 1 aromatic carbocycles.